The van der Waals surface area contributed by atoms with E-state index in [0.717, 1.165) is 5.01 Å². The number of halogens is 1. The summed E-state index contributed by atoms with van der Waals surface area (Å²) in [4.78, 5) is 15.7. The maximum Gasteiger partial charge on any atom is 0.349 e. The average Bonchev–Trinajstić information content (AvgIpc) is 2.52. The van der Waals surface area contributed by atoms with Gasteiger partial charge in [0, 0.05) is 0 Å². The van der Waals surface area contributed by atoms with Gasteiger partial charge in [0.25, 0.3) is 0 Å². The number of ether oxygens (including phenoxy) is 1. The minimum atomic E-state index is -0.290. The molecule has 0 aliphatic carbocycles. The van der Waals surface area contributed by atoms with Gasteiger partial charge in [-0.15, -0.1) is 11.3 Å². The standard InChI is InChI=1S/C7H8BrNO2S/c1-2-11-7(10)5-4-9-6(3-8)12-5/h4H,2-3H2,1H3. The molecule has 0 amide bonds. The molecule has 0 saturated carbocycles. The van der Waals surface area contributed by atoms with Crippen LogP contribution in [0.25, 0.3) is 0 Å². The van der Waals surface area contributed by atoms with E-state index in [1.807, 2.05) is 0 Å². The van der Waals surface area contributed by atoms with E-state index in [9.17, 15) is 4.79 Å². The van der Waals surface area contributed by atoms with Crippen LogP contribution in [0, 0.1) is 0 Å². The van der Waals surface area contributed by atoms with Gasteiger partial charge in [0.05, 0.1) is 18.1 Å². The molecule has 1 aromatic rings. The van der Waals surface area contributed by atoms with Crippen LogP contribution in [0.1, 0.15) is 21.6 Å². The molecule has 0 unspecified atom stereocenters. The van der Waals surface area contributed by atoms with Crippen molar-refractivity contribution in [2.45, 2.75) is 12.3 Å². The molecule has 0 aromatic carbocycles. The number of carbonyl (C=O) groups excluding carboxylic acids is 1. The zero-order valence-corrected chi connectivity index (χ0v) is 8.94. The summed E-state index contributed by atoms with van der Waals surface area (Å²) in [6, 6.07) is 0. The van der Waals surface area contributed by atoms with Crippen LogP contribution in [-0.2, 0) is 10.1 Å². The van der Waals surface area contributed by atoms with Crippen LogP contribution in [-0.4, -0.2) is 17.6 Å². The lowest BCUT2D eigenvalue weighted by Gasteiger charge is -1.95. The van der Waals surface area contributed by atoms with Crippen molar-refractivity contribution < 1.29 is 9.53 Å². The summed E-state index contributed by atoms with van der Waals surface area (Å²) in [5.41, 5.74) is 0. The first-order valence-electron chi connectivity index (χ1n) is 3.45. The highest BCUT2D eigenvalue weighted by atomic mass is 79.9. The number of rotatable bonds is 3. The normalized spacial score (nSPS) is 9.83. The van der Waals surface area contributed by atoms with E-state index >= 15 is 0 Å². The molecule has 12 heavy (non-hydrogen) atoms. The smallest absolute Gasteiger partial charge is 0.349 e. The number of esters is 1. The number of thiazole rings is 1. The van der Waals surface area contributed by atoms with E-state index in [1.54, 1.807) is 13.1 Å². The quantitative estimate of drug-likeness (QED) is 0.609. The molecule has 0 aliphatic heterocycles. The van der Waals surface area contributed by atoms with Crippen molar-refractivity contribution in [1.29, 1.82) is 0 Å². The average molecular weight is 250 g/mol. The fourth-order valence-electron chi connectivity index (χ4n) is 0.669. The van der Waals surface area contributed by atoms with E-state index < -0.39 is 0 Å². The van der Waals surface area contributed by atoms with Gasteiger partial charge in [-0.3, -0.25) is 0 Å². The second-order valence-electron chi connectivity index (χ2n) is 1.97. The zero-order chi connectivity index (χ0) is 8.97. The van der Waals surface area contributed by atoms with Crippen molar-refractivity contribution in [2.75, 3.05) is 6.61 Å². The first kappa shape index (κ1) is 9.67. The van der Waals surface area contributed by atoms with Crippen molar-refractivity contribution in [3.63, 3.8) is 0 Å². The Morgan fingerprint density at radius 2 is 2.58 bits per heavy atom. The number of carbonyl (C=O) groups is 1. The predicted molar refractivity (Wildman–Crippen MR) is 50.7 cm³/mol. The second-order valence-corrected chi connectivity index (χ2v) is 3.65. The van der Waals surface area contributed by atoms with E-state index in [2.05, 4.69) is 20.9 Å². The van der Waals surface area contributed by atoms with Crippen LogP contribution in [0.15, 0.2) is 6.20 Å². The zero-order valence-electron chi connectivity index (χ0n) is 6.54. The molecule has 0 spiro atoms. The Morgan fingerprint density at radius 1 is 1.83 bits per heavy atom. The van der Waals surface area contributed by atoms with E-state index in [0.29, 0.717) is 16.8 Å². The summed E-state index contributed by atoms with van der Waals surface area (Å²) in [5.74, 6) is -0.290. The monoisotopic (exact) mass is 249 g/mol. The van der Waals surface area contributed by atoms with E-state index in [-0.39, 0.29) is 5.97 Å². The molecule has 5 heteroatoms. The molecular weight excluding hydrogens is 242 g/mol. The highest BCUT2D eigenvalue weighted by Crippen LogP contribution is 2.16. The fourth-order valence-corrected chi connectivity index (χ4v) is 1.82. The third-order valence-electron chi connectivity index (χ3n) is 1.14. The summed E-state index contributed by atoms with van der Waals surface area (Å²) >= 11 is 4.60. The van der Waals surface area contributed by atoms with Crippen LogP contribution in [0.3, 0.4) is 0 Å². The molecule has 1 aromatic heterocycles. The molecule has 0 radical (unpaired) electrons. The van der Waals surface area contributed by atoms with Gasteiger partial charge in [-0.2, -0.15) is 0 Å². The van der Waals surface area contributed by atoms with Crippen molar-refractivity contribution >= 4 is 33.2 Å². The Balaban J connectivity index is 2.68. The molecule has 0 aliphatic rings. The summed E-state index contributed by atoms with van der Waals surface area (Å²) in [6.45, 7) is 2.19. The van der Waals surface area contributed by atoms with E-state index in [1.165, 1.54) is 11.3 Å². The molecule has 0 fully saturated rings. The van der Waals surface area contributed by atoms with Crippen molar-refractivity contribution in [3.8, 4) is 0 Å². The van der Waals surface area contributed by atoms with Gasteiger partial charge in [0.15, 0.2) is 0 Å². The maximum atomic E-state index is 11.1. The molecule has 0 saturated heterocycles. The Hall–Kier alpha value is -0.420. The number of hydrogen-bond donors (Lipinski definition) is 0. The minimum absolute atomic E-state index is 0.290. The third kappa shape index (κ3) is 2.28. The van der Waals surface area contributed by atoms with Gasteiger partial charge < -0.3 is 4.74 Å². The fraction of sp³-hybridized carbons (Fsp3) is 0.429. The summed E-state index contributed by atoms with van der Waals surface area (Å²) < 4.78 is 4.80. The van der Waals surface area contributed by atoms with Crippen molar-refractivity contribution in [2.24, 2.45) is 0 Å². The Kier molecular flexibility index (Phi) is 3.68. The minimum Gasteiger partial charge on any atom is -0.462 e. The Labute approximate surface area is 82.9 Å². The lowest BCUT2D eigenvalue weighted by molar-refractivity contribution is 0.0532. The number of nitrogens with zero attached hydrogens (tertiary/aromatic N) is 1. The SMILES string of the molecule is CCOC(=O)c1cnc(CBr)s1. The molecule has 0 bridgehead atoms. The van der Waals surface area contributed by atoms with Crippen LogP contribution in [0.2, 0.25) is 0 Å². The lowest BCUT2D eigenvalue weighted by Crippen LogP contribution is -2.01. The molecular formula is C7H8BrNO2S. The highest BCUT2D eigenvalue weighted by molar-refractivity contribution is 9.08. The van der Waals surface area contributed by atoms with Gasteiger partial charge in [-0.1, -0.05) is 15.9 Å². The number of hydrogen-bond acceptors (Lipinski definition) is 4. The Morgan fingerprint density at radius 3 is 3.08 bits per heavy atom. The van der Waals surface area contributed by atoms with Gasteiger partial charge in [-0.05, 0) is 6.92 Å². The highest BCUT2D eigenvalue weighted by Gasteiger charge is 2.09. The van der Waals surface area contributed by atoms with Crippen LogP contribution in [0.5, 0.6) is 0 Å². The molecule has 0 N–H and O–H groups in total. The van der Waals surface area contributed by atoms with Crippen LogP contribution in [0.4, 0.5) is 0 Å². The molecule has 1 rings (SSSR count). The second kappa shape index (κ2) is 4.57. The van der Waals surface area contributed by atoms with Gasteiger partial charge in [0.2, 0.25) is 0 Å². The first-order chi connectivity index (χ1) is 5.77. The molecule has 1 heterocycles. The number of alkyl halides is 1. The van der Waals surface area contributed by atoms with Crippen molar-refractivity contribution in [3.05, 3.63) is 16.1 Å². The summed E-state index contributed by atoms with van der Waals surface area (Å²) in [7, 11) is 0. The van der Waals surface area contributed by atoms with E-state index in [4.69, 9.17) is 4.74 Å². The van der Waals surface area contributed by atoms with Gasteiger partial charge in [0.1, 0.15) is 9.88 Å². The van der Waals surface area contributed by atoms with Gasteiger partial charge in [-0.25, -0.2) is 9.78 Å². The van der Waals surface area contributed by atoms with Crippen molar-refractivity contribution in [1.82, 2.24) is 4.98 Å². The summed E-state index contributed by atoms with van der Waals surface area (Å²) in [5, 5.41) is 1.56. The molecule has 3 nitrogen and oxygen atoms in total. The van der Waals surface area contributed by atoms with Gasteiger partial charge >= 0.3 is 5.97 Å². The first-order valence-corrected chi connectivity index (χ1v) is 5.39. The predicted octanol–water partition coefficient (Wildman–Crippen LogP) is 2.21. The van der Waals surface area contributed by atoms with Crippen LogP contribution >= 0.6 is 27.3 Å². The molecule has 0 atom stereocenters. The summed E-state index contributed by atoms with van der Waals surface area (Å²) in [6.07, 6.45) is 1.54. The maximum absolute atomic E-state index is 11.1. The Bertz CT molecular complexity index is 274. The number of aromatic nitrogens is 1. The third-order valence-corrected chi connectivity index (χ3v) is 3.02. The topological polar surface area (TPSA) is 39.2 Å². The lowest BCUT2D eigenvalue weighted by atomic mass is 10.6. The largest absolute Gasteiger partial charge is 0.462 e. The van der Waals surface area contributed by atoms with Crippen LogP contribution < -0.4 is 0 Å². The molecule has 66 valence electrons.